The predicted octanol–water partition coefficient (Wildman–Crippen LogP) is 5.78. The van der Waals surface area contributed by atoms with Gasteiger partial charge in [0.05, 0.1) is 23.5 Å². The van der Waals surface area contributed by atoms with Crippen molar-refractivity contribution < 1.29 is 9.18 Å². The molecule has 1 saturated heterocycles. The Bertz CT molecular complexity index is 1400. The molecule has 0 saturated carbocycles. The molecule has 9 heteroatoms. The van der Waals surface area contributed by atoms with Crippen molar-refractivity contribution in [2.45, 2.75) is 18.5 Å². The van der Waals surface area contributed by atoms with Gasteiger partial charge in [0, 0.05) is 41.2 Å². The monoisotopic (exact) mass is 563 g/mol. The third-order valence-corrected chi connectivity index (χ3v) is 6.94. The van der Waals surface area contributed by atoms with E-state index in [1.54, 1.807) is 24.4 Å². The zero-order valence-electron chi connectivity index (χ0n) is 19.1. The number of carbonyl (C=O) groups excluding carboxylic acids is 1. The van der Waals surface area contributed by atoms with Crippen molar-refractivity contribution >= 4 is 44.9 Å². The SMILES string of the molecule is O=C(CCN1C(=S)N[C@@H](c2ccccn2)[C@H]1c1cccn1-c1cccc(Br)c1)Nc1ccccc1F. The van der Waals surface area contributed by atoms with Crippen LogP contribution in [-0.4, -0.2) is 32.0 Å². The van der Waals surface area contributed by atoms with Crippen LogP contribution in [0.1, 0.15) is 29.9 Å². The van der Waals surface area contributed by atoms with Crippen LogP contribution in [0.5, 0.6) is 0 Å². The molecule has 0 bridgehead atoms. The van der Waals surface area contributed by atoms with Gasteiger partial charge in [-0.3, -0.25) is 9.78 Å². The summed E-state index contributed by atoms with van der Waals surface area (Å²) in [7, 11) is 0. The van der Waals surface area contributed by atoms with Crippen molar-refractivity contribution in [3.05, 3.63) is 113 Å². The number of para-hydroxylation sites is 1. The highest BCUT2D eigenvalue weighted by atomic mass is 79.9. The molecule has 1 fully saturated rings. The maximum atomic E-state index is 14.0. The second-order valence-corrected chi connectivity index (χ2v) is 9.68. The maximum Gasteiger partial charge on any atom is 0.226 e. The number of amides is 1. The van der Waals surface area contributed by atoms with E-state index in [0.29, 0.717) is 11.7 Å². The van der Waals surface area contributed by atoms with Crippen LogP contribution < -0.4 is 10.6 Å². The summed E-state index contributed by atoms with van der Waals surface area (Å²) in [5.41, 5.74) is 3.02. The third-order valence-electron chi connectivity index (χ3n) is 6.10. The minimum absolute atomic E-state index is 0.138. The number of carbonyl (C=O) groups is 1. The summed E-state index contributed by atoms with van der Waals surface area (Å²) >= 11 is 9.29. The molecule has 4 aromatic rings. The molecule has 0 spiro atoms. The molecule has 6 nitrogen and oxygen atoms in total. The van der Waals surface area contributed by atoms with Crippen molar-refractivity contribution in [3.63, 3.8) is 0 Å². The lowest BCUT2D eigenvalue weighted by Crippen LogP contribution is -2.33. The highest BCUT2D eigenvalue weighted by Gasteiger charge is 2.41. The Morgan fingerprint density at radius 2 is 1.92 bits per heavy atom. The minimum Gasteiger partial charge on any atom is -0.352 e. The summed E-state index contributed by atoms with van der Waals surface area (Å²) in [6.07, 6.45) is 3.91. The molecule has 1 aliphatic rings. The highest BCUT2D eigenvalue weighted by Crippen LogP contribution is 2.39. The van der Waals surface area contributed by atoms with Crippen LogP contribution in [0.2, 0.25) is 0 Å². The number of hydrogen-bond donors (Lipinski definition) is 2. The van der Waals surface area contributed by atoms with E-state index < -0.39 is 5.82 Å². The largest absolute Gasteiger partial charge is 0.352 e. The van der Waals surface area contributed by atoms with Gasteiger partial charge >= 0.3 is 0 Å². The Labute approximate surface area is 222 Å². The van der Waals surface area contributed by atoms with Gasteiger partial charge in [-0.25, -0.2) is 4.39 Å². The van der Waals surface area contributed by atoms with Crippen molar-refractivity contribution in [2.75, 3.05) is 11.9 Å². The molecule has 182 valence electrons. The number of nitrogens with zero attached hydrogens (tertiary/aromatic N) is 3. The Morgan fingerprint density at radius 3 is 2.69 bits per heavy atom. The fraction of sp³-hybridized carbons (Fsp3) is 0.148. The first-order valence-corrected chi connectivity index (χ1v) is 12.7. The number of halogens is 2. The molecule has 0 unspecified atom stereocenters. The standard InChI is InChI=1S/C27H23BrFN5OS/c28-18-7-5-8-19(17-18)33-15-6-12-23(33)26-25(22-11-3-4-14-30-22)32-27(36)34(26)16-13-24(35)31-21-10-2-1-9-20(21)29/h1-12,14-15,17,25-26H,13,16H2,(H,31,35)(H,32,36)/t25-,26+/m0/s1. The Hall–Kier alpha value is -3.56. The van der Waals surface area contributed by atoms with Gasteiger partial charge in [0.2, 0.25) is 5.91 Å². The van der Waals surface area contributed by atoms with Crippen LogP contribution >= 0.6 is 28.1 Å². The van der Waals surface area contributed by atoms with Crippen LogP contribution in [0.4, 0.5) is 10.1 Å². The molecule has 2 atom stereocenters. The van der Waals surface area contributed by atoms with E-state index in [1.807, 2.05) is 59.6 Å². The van der Waals surface area contributed by atoms with Crippen molar-refractivity contribution in [1.82, 2.24) is 19.8 Å². The molecule has 1 aliphatic heterocycles. The Kier molecular flexibility index (Phi) is 7.11. The second kappa shape index (κ2) is 10.6. The van der Waals surface area contributed by atoms with Crippen molar-refractivity contribution in [2.24, 2.45) is 0 Å². The molecular weight excluding hydrogens is 541 g/mol. The Morgan fingerprint density at radius 1 is 1.08 bits per heavy atom. The first-order valence-electron chi connectivity index (χ1n) is 11.5. The van der Waals surface area contributed by atoms with Gasteiger partial charge in [-0.1, -0.05) is 40.2 Å². The predicted molar refractivity (Wildman–Crippen MR) is 145 cm³/mol. The summed E-state index contributed by atoms with van der Waals surface area (Å²) in [6, 6.07) is 23.6. The molecule has 0 aliphatic carbocycles. The molecule has 5 rings (SSSR count). The number of aromatic nitrogens is 2. The third kappa shape index (κ3) is 5.03. The molecule has 36 heavy (non-hydrogen) atoms. The van der Waals surface area contributed by atoms with Crippen molar-refractivity contribution in [3.8, 4) is 5.69 Å². The van der Waals surface area contributed by atoms with E-state index in [9.17, 15) is 9.18 Å². The highest BCUT2D eigenvalue weighted by molar-refractivity contribution is 9.10. The smallest absolute Gasteiger partial charge is 0.226 e. The normalized spacial score (nSPS) is 17.2. The van der Waals surface area contributed by atoms with E-state index in [-0.39, 0.29) is 30.1 Å². The van der Waals surface area contributed by atoms with Crippen LogP contribution in [0.25, 0.3) is 5.69 Å². The lowest BCUT2D eigenvalue weighted by atomic mass is 10.0. The first-order chi connectivity index (χ1) is 17.5. The zero-order valence-corrected chi connectivity index (χ0v) is 21.5. The number of pyridine rings is 1. The molecule has 1 amide bonds. The topological polar surface area (TPSA) is 62.2 Å². The summed E-state index contributed by atoms with van der Waals surface area (Å²) in [5, 5.41) is 6.61. The molecule has 2 N–H and O–H groups in total. The lowest BCUT2D eigenvalue weighted by Gasteiger charge is -2.29. The number of hydrogen-bond acceptors (Lipinski definition) is 3. The van der Waals surface area contributed by atoms with E-state index >= 15 is 0 Å². The van der Waals surface area contributed by atoms with Gasteiger partial charge in [0.15, 0.2) is 5.11 Å². The first kappa shape index (κ1) is 24.1. The molecule has 3 heterocycles. The van der Waals surface area contributed by atoms with Gasteiger partial charge < -0.3 is 20.1 Å². The van der Waals surface area contributed by atoms with Gasteiger partial charge in [0.1, 0.15) is 5.82 Å². The van der Waals surface area contributed by atoms with E-state index in [4.69, 9.17) is 12.2 Å². The quantitative estimate of drug-likeness (QED) is 0.279. The number of rotatable bonds is 7. The van der Waals surface area contributed by atoms with Gasteiger partial charge in [0.25, 0.3) is 0 Å². The Balaban J connectivity index is 1.45. The average molecular weight is 564 g/mol. The van der Waals surface area contributed by atoms with E-state index in [2.05, 4.69) is 42.2 Å². The average Bonchev–Trinajstić information content (AvgIpc) is 3.49. The number of nitrogens with one attached hydrogen (secondary N) is 2. The molecule has 2 aromatic heterocycles. The molecule has 2 aromatic carbocycles. The number of thiocarbonyl (C=S) groups is 1. The van der Waals surface area contributed by atoms with E-state index in [0.717, 1.165) is 21.5 Å². The van der Waals surface area contributed by atoms with Crippen LogP contribution in [0.3, 0.4) is 0 Å². The number of anilines is 1. The second-order valence-electron chi connectivity index (χ2n) is 8.38. The van der Waals surface area contributed by atoms with E-state index in [1.165, 1.54) is 6.07 Å². The van der Waals surface area contributed by atoms with Crippen molar-refractivity contribution in [1.29, 1.82) is 0 Å². The number of benzene rings is 2. The van der Waals surface area contributed by atoms with Crippen LogP contribution in [0, 0.1) is 5.82 Å². The van der Waals surface area contributed by atoms with Crippen LogP contribution in [0.15, 0.2) is 95.7 Å². The zero-order chi connectivity index (χ0) is 25.1. The van der Waals surface area contributed by atoms with Crippen LogP contribution in [-0.2, 0) is 4.79 Å². The summed E-state index contributed by atoms with van der Waals surface area (Å²) in [4.78, 5) is 19.3. The molecule has 0 radical (unpaired) electrons. The summed E-state index contributed by atoms with van der Waals surface area (Å²) in [6.45, 7) is 0.351. The van der Waals surface area contributed by atoms with Gasteiger partial charge in [-0.2, -0.15) is 0 Å². The van der Waals surface area contributed by atoms with Gasteiger partial charge in [-0.05, 0) is 66.8 Å². The summed E-state index contributed by atoms with van der Waals surface area (Å²) < 4.78 is 17.1. The summed E-state index contributed by atoms with van der Waals surface area (Å²) in [5.74, 6) is -0.755. The van der Waals surface area contributed by atoms with Gasteiger partial charge in [-0.15, -0.1) is 0 Å². The minimum atomic E-state index is -0.468. The fourth-order valence-electron chi connectivity index (χ4n) is 4.46. The maximum absolute atomic E-state index is 14.0. The molecular formula is C27H23BrFN5OS. The fourth-order valence-corrected chi connectivity index (χ4v) is 5.18. The lowest BCUT2D eigenvalue weighted by molar-refractivity contribution is -0.116.